The van der Waals surface area contributed by atoms with E-state index in [1.165, 1.54) is 11.9 Å². The number of ether oxygens (including phenoxy) is 1. The Hall–Kier alpha value is -4.41. The average molecular weight is 636 g/mol. The molecule has 0 spiro atoms. The van der Waals surface area contributed by atoms with Gasteiger partial charge in [0.1, 0.15) is 29.9 Å². The normalized spacial score (nSPS) is 22.4. The van der Waals surface area contributed by atoms with Crippen LogP contribution in [0, 0.1) is 5.92 Å². The van der Waals surface area contributed by atoms with Crippen molar-refractivity contribution in [2.75, 3.05) is 20.2 Å². The lowest BCUT2D eigenvalue weighted by molar-refractivity contribution is -0.142. The summed E-state index contributed by atoms with van der Waals surface area (Å²) in [6, 6.07) is 12.9. The van der Waals surface area contributed by atoms with Crippen LogP contribution in [0.25, 0.3) is 0 Å². The van der Waals surface area contributed by atoms with Crippen LogP contribution in [0.2, 0.25) is 0 Å². The Morgan fingerprint density at radius 2 is 1.48 bits per heavy atom. The van der Waals surface area contributed by atoms with Crippen LogP contribution in [0.3, 0.4) is 0 Å². The number of nitrogens with one attached hydrogen (secondary N) is 4. The molecule has 2 aromatic carbocycles. The maximum absolute atomic E-state index is 13.7. The van der Waals surface area contributed by atoms with Gasteiger partial charge < -0.3 is 30.9 Å². The molecule has 4 N–H and O–H groups in total. The first-order valence-corrected chi connectivity index (χ1v) is 16.2. The zero-order chi connectivity index (χ0) is 33.6. The van der Waals surface area contributed by atoms with E-state index in [0.717, 1.165) is 24.0 Å². The number of carbonyl (C=O) groups excluding carboxylic acids is 5. The lowest BCUT2D eigenvalue weighted by Crippen LogP contribution is -2.59. The molecule has 1 fully saturated rings. The minimum Gasteiger partial charge on any atom is -0.494 e. The number of unbranched alkanes of at least 4 members (excludes halogenated alkanes) is 1. The second-order valence-electron chi connectivity index (χ2n) is 12.2. The maximum Gasteiger partial charge on any atom is 0.245 e. The molecule has 46 heavy (non-hydrogen) atoms. The van der Waals surface area contributed by atoms with Gasteiger partial charge in [-0.15, -0.1) is 0 Å². The molecular formula is C35H49N5O6. The standard InChI is InChI=1S/C35H49N5O6/c1-6-7-20-46-27-17-15-26(16-18-27)21-28-33(43)39-31(23(2)3)34(44)36-19-11-14-30(41)37-29(22-25-12-9-8-10-13-25)35(45)40(5)24(4)32(42)38-28/h8-10,12-13,15-18,23-24,28-29,31H,6-7,11,14,19-22H2,1-5H3,(H,36,44)(H,37,41)(H,38,42)(H,39,43)/t24-,28-,29-,31?/m0/s1. The highest BCUT2D eigenvalue weighted by Crippen LogP contribution is 2.16. The Morgan fingerprint density at radius 3 is 2.13 bits per heavy atom. The average Bonchev–Trinajstić information content (AvgIpc) is 3.04. The predicted molar refractivity (Wildman–Crippen MR) is 176 cm³/mol. The Balaban J connectivity index is 1.89. The van der Waals surface area contributed by atoms with E-state index in [1.807, 2.05) is 68.4 Å². The molecule has 2 aromatic rings. The number of likely N-dealkylation sites (N-methyl/N-ethyl adjacent to an activating group) is 1. The van der Waals surface area contributed by atoms with Crippen molar-refractivity contribution in [1.29, 1.82) is 0 Å². The van der Waals surface area contributed by atoms with Crippen molar-refractivity contribution in [3.05, 3.63) is 65.7 Å². The summed E-state index contributed by atoms with van der Waals surface area (Å²) in [5.41, 5.74) is 1.63. The van der Waals surface area contributed by atoms with E-state index in [1.54, 1.807) is 6.92 Å². The molecule has 0 bridgehead atoms. The Kier molecular flexibility index (Phi) is 14.0. The number of nitrogens with zero attached hydrogens (tertiary/aromatic N) is 1. The number of hydrogen-bond donors (Lipinski definition) is 4. The molecule has 1 heterocycles. The largest absolute Gasteiger partial charge is 0.494 e. The second kappa shape index (κ2) is 17.9. The quantitative estimate of drug-likeness (QED) is 0.312. The Labute approximate surface area is 272 Å². The van der Waals surface area contributed by atoms with E-state index in [4.69, 9.17) is 4.74 Å². The summed E-state index contributed by atoms with van der Waals surface area (Å²) in [5, 5.41) is 11.3. The zero-order valence-electron chi connectivity index (χ0n) is 27.6. The first-order valence-electron chi connectivity index (χ1n) is 16.2. The molecule has 250 valence electrons. The summed E-state index contributed by atoms with van der Waals surface area (Å²) in [4.78, 5) is 68.3. The van der Waals surface area contributed by atoms with Crippen LogP contribution in [0.15, 0.2) is 54.6 Å². The van der Waals surface area contributed by atoms with Gasteiger partial charge in [0.15, 0.2) is 0 Å². The van der Waals surface area contributed by atoms with Crippen LogP contribution < -0.4 is 26.0 Å². The van der Waals surface area contributed by atoms with Crippen molar-refractivity contribution in [2.24, 2.45) is 5.92 Å². The molecule has 0 aliphatic carbocycles. The van der Waals surface area contributed by atoms with E-state index in [-0.39, 0.29) is 43.5 Å². The van der Waals surface area contributed by atoms with Gasteiger partial charge in [0.2, 0.25) is 29.5 Å². The van der Waals surface area contributed by atoms with Gasteiger partial charge in [0.05, 0.1) is 6.61 Å². The first-order chi connectivity index (χ1) is 22.0. The molecule has 0 saturated carbocycles. The van der Waals surface area contributed by atoms with Crippen molar-refractivity contribution < 1.29 is 28.7 Å². The smallest absolute Gasteiger partial charge is 0.245 e. The fourth-order valence-electron chi connectivity index (χ4n) is 5.08. The molecule has 1 aliphatic rings. The summed E-state index contributed by atoms with van der Waals surface area (Å²) in [6.07, 6.45) is 2.77. The third-order valence-corrected chi connectivity index (χ3v) is 8.11. The summed E-state index contributed by atoms with van der Waals surface area (Å²) in [5.74, 6) is -1.75. The monoisotopic (exact) mass is 635 g/mol. The van der Waals surface area contributed by atoms with Crippen LogP contribution in [0.4, 0.5) is 0 Å². The van der Waals surface area contributed by atoms with Gasteiger partial charge in [0.25, 0.3) is 0 Å². The van der Waals surface area contributed by atoms with Crippen molar-refractivity contribution in [1.82, 2.24) is 26.2 Å². The molecule has 0 radical (unpaired) electrons. The minimum absolute atomic E-state index is 0.0851. The summed E-state index contributed by atoms with van der Waals surface area (Å²) < 4.78 is 5.76. The predicted octanol–water partition coefficient (Wildman–Crippen LogP) is 2.52. The molecule has 11 heteroatoms. The number of carbonyl (C=O) groups is 5. The van der Waals surface area contributed by atoms with E-state index in [2.05, 4.69) is 28.2 Å². The van der Waals surface area contributed by atoms with Crippen molar-refractivity contribution in [3.63, 3.8) is 0 Å². The summed E-state index contributed by atoms with van der Waals surface area (Å²) >= 11 is 0. The summed E-state index contributed by atoms with van der Waals surface area (Å²) in [7, 11) is 1.51. The van der Waals surface area contributed by atoms with Gasteiger partial charge in [-0.1, -0.05) is 69.7 Å². The zero-order valence-corrected chi connectivity index (χ0v) is 27.6. The van der Waals surface area contributed by atoms with Gasteiger partial charge in [-0.2, -0.15) is 0 Å². The first kappa shape index (κ1) is 36.1. The molecule has 5 amide bonds. The molecule has 11 nitrogen and oxygen atoms in total. The number of amides is 5. The number of hydrogen-bond acceptors (Lipinski definition) is 6. The Bertz CT molecular complexity index is 1320. The third-order valence-electron chi connectivity index (χ3n) is 8.11. The molecule has 0 aromatic heterocycles. The van der Waals surface area contributed by atoms with Gasteiger partial charge in [0, 0.05) is 32.9 Å². The molecule has 3 rings (SSSR count). The molecular weight excluding hydrogens is 586 g/mol. The lowest BCUT2D eigenvalue weighted by atomic mass is 10.0. The van der Waals surface area contributed by atoms with E-state index < -0.39 is 41.9 Å². The fraction of sp³-hybridized carbons (Fsp3) is 0.514. The topological polar surface area (TPSA) is 146 Å². The highest BCUT2D eigenvalue weighted by Gasteiger charge is 2.33. The molecule has 1 aliphatic heterocycles. The van der Waals surface area contributed by atoms with Crippen molar-refractivity contribution >= 4 is 29.5 Å². The fourth-order valence-corrected chi connectivity index (χ4v) is 5.08. The van der Waals surface area contributed by atoms with Gasteiger partial charge >= 0.3 is 0 Å². The highest BCUT2D eigenvalue weighted by atomic mass is 16.5. The molecule has 4 atom stereocenters. The molecule has 1 saturated heterocycles. The molecule has 1 unspecified atom stereocenters. The highest BCUT2D eigenvalue weighted by molar-refractivity contribution is 5.95. The van der Waals surface area contributed by atoms with E-state index in [0.29, 0.717) is 18.8 Å². The van der Waals surface area contributed by atoms with E-state index >= 15 is 0 Å². The second-order valence-corrected chi connectivity index (χ2v) is 12.2. The van der Waals surface area contributed by atoms with Crippen LogP contribution >= 0.6 is 0 Å². The SMILES string of the molecule is CCCCOc1ccc(C[C@@H]2NC(=O)[C@H](C)N(C)C(=O)[C@H](Cc3ccccc3)NC(=O)CCCNC(=O)C(C(C)C)NC2=O)cc1. The van der Waals surface area contributed by atoms with Gasteiger partial charge in [-0.3, -0.25) is 24.0 Å². The van der Waals surface area contributed by atoms with Crippen molar-refractivity contribution in [2.45, 2.75) is 90.4 Å². The minimum atomic E-state index is -1.03. The van der Waals surface area contributed by atoms with Crippen LogP contribution in [0.1, 0.15) is 64.5 Å². The number of rotatable bonds is 9. The Morgan fingerprint density at radius 1 is 0.826 bits per heavy atom. The van der Waals surface area contributed by atoms with Crippen molar-refractivity contribution in [3.8, 4) is 5.75 Å². The van der Waals surface area contributed by atoms with Gasteiger partial charge in [-0.25, -0.2) is 0 Å². The lowest BCUT2D eigenvalue weighted by Gasteiger charge is -2.30. The third kappa shape index (κ3) is 10.9. The van der Waals surface area contributed by atoms with Gasteiger partial charge in [-0.05, 0) is 48.9 Å². The summed E-state index contributed by atoms with van der Waals surface area (Å²) in [6.45, 7) is 8.12. The maximum atomic E-state index is 13.7. The van der Waals surface area contributed by atoms with Crippen LogP contribution in [-0.4, -0.2) is 78.8 Å². The van der Waals surface area contributed by atoms with E-state index in [9.17, 15) is 24.0 Å². The van der Waals surface area contributed by atoms with Crippen LogP contribution in [0.5, 0.6) is 5.75 Å². The number of benzene rings is 2. The van der Waals surface area contributed by atoms with Crippen LogP contribution in [-0.2, 0) is 36.8 Å².